The van der Waals surface area contributed by atoms with Gasteiger partial charge in [0.15, 0.2) is 7.28 Å². The molecule has 1 aliphatic carbocycles. The van der Waals surface area contributed by atoms with Crippen LogP contribution in [0.4, 0.5) is 11.4 Å². The lowest BCUT2D eigenvalue weighted by molar-refractivity contribution is 0.590. The number of hydrogen-bond acceptors (Lipinski definition) is 3. The van der Waals surface area contributed by atoms with E-state index in [0.717, 1.165) is 40.6 Å². The van der Waals surface area contributed by atoms with E-state index in [1.54, 1.807) is 0 Å². The molecule has 1 aliphatic heterocycles. The number of rotatable bonds is 3. The van der Waals surface area contributed by atoms with Crippen LogP contribution in [0.3, 0.4) is 0 Å². The molecule has 64 heavy (non-hydrogen) atoms. The fraction of sp³-hybridized carbons (Fsp3) is 0.186. The minimum Gasteiger partial charge on any atom is -0.456 e. The Morgan fingerprint density at radius 1 is 0.547 bits per heavy atom. The lowest BCUT2D eigenvalue weighted by Gasteiger charge is -2.27. The largest absolute Gasteiger partial charge is 0.456 e. The van der Waals surface area contributed by atoms with E-state index < -0.39 is 0 Å². The third-order valence-electron chi connectivity index (χ3n) is 14.7. The Morgan fingerprint density at radius 3 is 2.11 bits per heavy atom. The van der Waals surface area contributed by atoms with Gasteiger partial charge in [-0.2, -0.15) is 0 Å². The van der Waals surface area contributed by atoms with Crippen molar-refractivity contribution in [1.29, 1.82) is 0 Å². The summed E-state index contributed by atoms with van der Waals surface area (Å²) in [6.07, 6.45) is 0. The van der Waals surface area contributed by atoms with Gasteiger partial charge in [-0.1, -0.05) is 140 Å². The molecule has 0 atom stereocenters. The predicted molar refractivity (Wildman–Crippen MR) is 277 cm³/mol. The highest BCUT2D eigenvalue weighted by molar-refractivity contribution is 7.25. The fourth-order valence-corrected chi connectivity index (χ4v) is 12.3. The summed E-state index contributed by atoms with van der Waals surface area (Å²) >= 11 is 1.90. The van der Waals surface area contributed by atoms with Crippen molar-refractivity contribution in [3.63, 3.8) is 0 Å². The van der Waals surface area contributed by atoms with Crippen molar-refractivity contribution in [2.24, 2.45) is 0 Å². The number of aromatic nitrogens is 1. The minimum atomic E-state index is -0.106. The minimum absolute atomic E-state index is 0.00797. The third-order valence-corrected chi connectivity index (χ3v) is 15.9. The molecule has 0 saturated carbocycles. The van der Waals surface area contributed by atoms with Crippen LogP contribution in [0.1, 0.15) is 77.6 Å². The van der Waals surface area contributed by atoms with Gasteiger partial charge in [0.2, 0.25) is 0 Å². The van der Waals surface area contributed by atoms with Crippen molar-refractivity contribution in [1.82, 2.24) is 4.57 Å². The van der Waals surface area contributed by atoms with Gasteiger partial charge in [0.05, 0.1) is 11.2 Å². The summed E-state index contributed by atoms with van der Waals surface area (Å²) in [4.78, 5) is 0. The van der Waals surface area contributed by atoms with Crippen LogP contribution in [0.25, 0.3) is 91.9 Å². The lowest BCUT2D eigenvalue weighted by Crippen LogP contribution is -2.37. The fourth-order valence-electron chi connectivity index (χ4n) is 11.2. The maximum Gasteiger partial charge on any atom is 0.198 e. The number of nitrogens with one attached hydrogen (secondary N) is 1. The van der Waals surface area contributed by atoms with Gasteiger partial charge in [0, 0.05) is 75.7 Å². The summed E-state index contributed by atoms with van der Waals surface area (Å²) in [5.74, 6) is 0. The van der Waals surface area contributed by atoms with Gasteiger partial charge in [-0.05, 0) is 110 Å². The Balaban J connectivity index is 1.11. The smallest absolute Gasteiger partial charge is 0.198 e. The van der Waals surface area contributed by atoms with Gasteiger partial charge in [0.25, 0.3) is 0 Å². The number of furan rings is 1. The van der Waals surface area contributed by atoms with E-state index in [9.17, 15) is 0 Å². The molecular weight excluding hydrogens is 796 g/mol. The van der Waals surface area contributed by atoms with Crippen molar-refractivity contribution in [3.05, 3.63) is 162 Å². The average Bonchev–Trinajstić information content (AvgIpc) is 3.98. The summed E-state index contributed by atoms with van der Waals surface area (Å²) in [5.41, 5.74) is 21.0. The highest BCUT2D eigenvalue weighted by Crippen LogP contribution is 2.50. The lowest BCUT2D eigenvalue weighted by atomic mass is 9.58. The van der Waals surface area contributed by atoms with Crippen LogP contribution in [-0.2, 0) is 16.2 Å². The van der Waals surface area contributed by atoms with Crippen LogP contribution in [0.15, 0.2) is 144 Å². The van der Waals surface area contributed by atoms with Gasteiger partial charge < -0.3 is 14.3 Å². The highest BCUT2D eigenvalue weighted by atomic mass is 32.1. The Hall–Kier alpha value is -6.56. The molecule has 5 heteroatoms. The van der Waals surface area contributed by atoms with Gasteiger partial charge in [-0.15, -0.1) is 11.3 Å². The van der Waals surface area contributed by atoms with E-state index in [2.05, 4.69) is 205 Å². The topological polar surface area (TPSA) is 30.1 Å². The highest BCUT2D eigenvalue weighted by Gasteiger charge is 2.38. The predicted octanol–water partition coefficient (Wildman–Crippen LogP) is 15.1. The summed E-state index contributed by atoms with van der Waals surface area (Å²) in [5, 5.41) is 11.5. The van der Waals surface area contributed by atoms with Gasteiger partial charge in [-0.25, -0.2) is 0 Å². The van der Waals surface area contributed by atoms with E-state index in [-0.39, 0.29) is 16.2 Å². The van der Waals surface area contributed by atoms with Crippen LogP contribution in [0.2, 0.25) is 0 Å². The van der Waals surface area contributed by atoms with Gasteiger partial charge in [0.1, 0.15) is 11.2 Å². The van der Waals surface area contributed by atoms with E-state index in [0.29, 0.717) is 0 Å². The standard InChI is InChI=1S/C59H49BN2OS/c1-57(2,3)32-17-20-34(21-18-32)61-48-30-52-43(42-25-33(58(4,5)6)19-24-51(42)63-52)26-40(48)37-22-23-38-41-27-44-36-14-10-12-16-53(36)64-54(44)31-49(41)62-50-29-46-39(28-47(50)60-55(37)56(38)62)35-13-9-11-15-45(35)59(46,7)8/h9-31,60-61H,1-8H3. The molecule has 3 aromatic heterocycles. The van der Waals surface area contributed by atoms with Crippen LogP contribution < -0.4 is 16.2 Å². The zero-order valence-electron chi connectivity index (χ0n) is 37.7. The van der Waals surface area contributed by atoms with Gasteiger partial charge >= 0.3 is 0 Å². The van der Waals surface area contributed by atoms with E-state index in [4.69, 9.17) is 4.42 Å². The molecule has 4 heterocycles. The quantitative estimate of drug-likeness (QED) is 0.180. The first-order valence-electron chi connectivity index (χ1n) is 22.8. The maximum atomic E-state index is 6.70. The molecule has 310 valence electrons. The molecule has 8 aromatic carbocycles. The number of nitrogens with zero attached hydrogens (tertiary/aromatic N) is 1. The van der Waals surface area contributed by atoms with Crippen LogP contribution in [0, 0.1) is 0 Å². The average molecular weight is 845 g/mol. The first-order chi connectivity index (χ1) is 30.7. The molecule has 1 N–H and O–H groups in total. The summed E-state index contributed by atoms with van der Waals surface area (Å²) < 4.78 is 12.0. The van der Waals surface area contributed by atoms with Crippen molar-refractivity contribution in [3.8, 4) is 27.9 Å². The first-order valence-corrected chi connectivity index (χ1v) is 23.6. The second-order valence-electron chi connectivity index (χ2n) is 21.1. The number of thiophene rings is 1. The Bertz CT molecular complexity index is 3830. The van der Waals surface area contributed by atoms with E-state index in [1.165, 1.54) is 103 Å². The zero-order valence-corrected chi connectivity index (χ0v) is 38.6. The maximum absolute atomic E-state index is 6.70. The van der Waals surface area contributed by atoms with Crippen LogP contribution in [-0.4, -0.2) is 11.8 Å². The molecule has 0 saturated heterocycles. The van der Waals surface area contributed by atoms with Crippen molar-refractivity contribution in [2.75, 3.05) is 5.32 Å². The molecule has 0 bridgehead atoms. The van der Waals surface area contributed by atoms with E-state index >= 15 is 0 Å². The molecule has 0 radical (unpaired) electrons. The molecule has 0 amide bonds. The summed E-state index contributed by atoms with van der Waals surface area (Å²) in [6.45, 7) is 18.5. The second kappa shape index (κ2) is 12.8. The molecule has 0 fully saturated rings. The number of benzene rings is 8. The molecule has 13 rings (SSSR count). The second-order valence-corrected chi connectivity index (χ2v) is 22.2. The monoisotopic (exact) mass is 844 g/mol. The molecule has 11 aromatic rings. The number of fused-ring (bicyclic) bond motifs is 14. The SMILES string of the molecule is CC(C)(C)c1ccc(Nc2cc3oc4ccc(C(C)(C)C)cc4c3cc2-c2ccc3c4cc5c(cc4n4c3c2Bc2cc3c(cc2-4)C(C)(C)c2ccccc2-3)sc2ccccc25)cc1. The van der Waals surface area contributed by atoms with Crippen LogP contribution >= 0.6 is 11.3 Å². The molecular formula is C59H49BN2OS. The molecule has 0 spiro atoms. The van der Waals surface area contributed by atoms with Crippen molar-refractivity contribution < 1.29 is 4.42 Å². The number of anilines is 2. The molecule has 2 aliphatic rings. The Labute approximate surface area is 378 Å². The summed E-state index contributed by atoms with van der Waals surface area (Å²) in [7, 11) is 0.823. The van der Waals surface area contributed by atoms with E-state index in [1.807, 2.05) is 11.3 Å². The van der Waals surface area contributed by atoms with Crippen LogP contribution in [0.5, 0.6) is 0 Å². The van der Waals surface area contributed by atoms with Crippen molar-refractivity contribution >= 4 is 105 Å². The van der Waals surface area contributed by atoms with Crippen molar-refractivity contribution in [2.45, 2.75) is 71.6 Å². The van der Waals surface area contributed by atoms with Gasteiger partial charge in [-0.3, -0.25) is 0 Å². The number of hydrogen-bond donors (Lipinski definition) is 1. The molecule has 3 nitrogen and oxygen atoms in total. The normalized spacial score (nSPS) is 14.2. The Kier molecular flexibility index (Phi) is 7.59. The zero-order chi connectivity index (χ0) is 43.6. The Morgan fingerprint density at radius 2 is 1.30 bits per heavy atom. The molecule has 0 unspecified atom stereocenters. The summed E-state index contributed by atoms with van der Waals surface area (Å²) in [6, 6.07) is 53.1. The first kappa shape index (κ1) is 38.0. The third kappa shape index (κ3) is 5.34.